The fourth-order valence-corrected chi connectivity index (χ4v) is 16.2. The van der Waals surface area contributed by atoms with Crippen LogP contribution >= 0.6 is 17.1 Å². The number of benzene rings is 6. The minimum Gasteiger partial charge on any atom is -0.497 e. The number of hydrogen-bond donors (Lipinski definition) is 4. The normalized spacial score (nSPS) is 18.9. The molecular formula is C76H83N11O15P2. The molecule has 4 unspecified atom stereocenters. The van der Waals surface area contributed by atoms with E-state index < -0.39 is 83.2 Å². The summed E-state index contributed by atoms with van der Waals surface area (Å²) < 4.78 is 77.0. The Kier molecular flexibility index (Phi) is 24.9. The largest absolute Gasteiger partial charge is 0.497 e. The van der Waals surface area contributed by atoms with Crippen LogP contribution < -0.4 is 31.4 Å². The van der Waals surface area contributed by atoms with Gasteiger partial charge in [-0.1, -0.05) is 115 Å². The molecule has 0 saturated carbocycles. The van der Waals surface area contributed by atoms with Crippen LogP contribution in [0, 0.1) is 29.6 Å². The van der Waals surface area contributed by atoms with Crippen molar-refractivity contribution in [2.75, 3.05) is 52.6 Å². The molecule has 9 aromatic rings. The minimum atomic E-state index is -2.41. The molecule has 26 nitrogen and oxygen atoms in total. The number of nitrogens with zero attached hydrogens (tertiary/aromatic N) is 8. The first-order chi connectivity index (χ1) is 50.6. The van der Waals surface area contributed by atoms with Crippen LogP contribution in [0.2, 0.25) is 0 Å². The Morgan fingerprint density at radius 1 is 0.702 bits per heavy atom. The molecule has 2 saturated heterocycles. The minimum absolute atomic E-state index is 0.0202. The standard InChI is InChI=1S/C76H83N11O15P2/c1-48(2)87(49(3)4)103(96-37-15-35-77)101-63-39-68(86-47-82-69-70(80-46-81-71(69)86)83-73(89)52-25-23-51(24-26-52)41-79-75(91)94-43-62-60-21-13-11-19-58(60)59-20-12-14-22-61(59)62)100-66(63)45-98-104(97-38-16-36-78)102-64-40-67(85-42-50(5)72(88)84-74(85)90)99-65(64)44-95-76(53-17-9-8-10-18-53,54-27-31-56(92-6)32-28-54)55-29-33-57(93-7)34-30-55/h8-14,17-34,42,46-49,62-68,75,79,91H,15-16,37-41,43-45H2,1-7H3,(H,84,88,90)(H,80,81,83,89)/t63?,64?,65-,66-,67-,68-,75-,103?,104?/m1/s1. The van der Waals surface area contributed by atoms with Gasteiger partial charge < -0.3 is 61.5 Å². The fourth-order valence-electron chi connectivity index (χ4n) is 13.3. The number of H-pyrrole nitrogens is 1. The van der Waals surface area contributed by atoms with Crippen LogP contribution in [-0.4, -0.2) is 135 Å². The fraction of sp³-hybridized carbons (Fsp3) is 0.368. The number of anilines is 1. The highest BCUT2D eigenvalue weighted by atomic mass is 31.2. The first-order valence-electron chi connectivity index (χ1n) is 34.3. The zero-order valence-corrected chi connectivity index (χ0v) is 60.4. The van der Waals surface area contributed by atoms with Crippen molar-refractivity contribution >= 4 is 40.0 Å². The van der Waals surface area contributed by atoms with Crippen LogP contribution in [-0.2, 0) is 53.7 Å². The number of rotatable bonds is 34. The number of nitriles is 2. The summed E-state index contributed by atoms with van der Waals surface area (Å²) in [6.07, 6.45) is -1.89. The van der Waals surface area contributed by atoms with Gasteiger partial charge in [0.2, 0.25) is 6.41 Å². The van der Waals surface area contributed by atoms with Gasteiger partial charge in [0.05, 0.1) is 90.8 Å². The summed E-state index contributed by atoms with van der Waals surface area (Å²) in [6.45, 7) is 9.93. The van der Waals surface area contributed by atoms with Gasteiger partial charge >= 0.3 is 14.3 Å². The maximum absolute atomic E-state index is 14.0. The summed E-state index contributed by atoms with van der Waals surface area (Å²) in [5.41, 5.74) is 6.41. The number of fused-ring (bicyclic) bond motifs is 4. The Morgan fingerprint density at radius 2 is 1.28 bits per heavy atom. The zero-order valence-electron chi connectivity index (χ0n) is 58.6. The molecule has 28 heteroatoms. The lowest BCUT2D eigenvalue weighted by atomic mass is 9.80. The third-order valence-electron chi connectivity index (χ3n) is 18.3. The van der Waals surface area contributed by atoms with Crippen molar-refractivity contribution in [1.82, 2.24) is 39.1 Å². The average Bonchev–Trinajstić information content (AvgIpc) is 0.939. The van der Waals surface area contributed by atoms with Gasteiger partial charge in [-0.25, -0.2) is 24.4 Å². The van der Waals surface area contributed by atoms with Gasteiger partial charge in [-0.3, -0.25) is 29.0 Å². The van der Waals surface area contributed by atoms with E-state index in [0.717, 1.165) is 44.5 Å². The van der Waals surface area contributed by atoms with Crippen LogP contribution in [0.1, 0.15) is 121 Å². The summed E-state index contributed by atoms with van der Waals surface area (Å²) in [5.74, 6) is 0.932. The van der Waals surface area contributed by atoms with Gasteiger partial charge in [0.15, 0.2) is 17.0 Å². The summed E-state index contributed by atoms with van der Waals surface area (Å²) in [5, 5.41) is 36.3. The third-order valence-corrected chi connectivity index (χ3v) is 21.7. The number of hydrogen-bond acceptors (Lipinski definition) is 22. The molecule has 1 aliphatic carbocycles. The predicted molar refractivity (Wildman–Crippen MR) is 388 cm³/mol. The number of aromatic nitrogens is 6. The molecule has 2 aliphatic heterocycles. The van der Waals surface area contributed by atoms with E-state index >= 15 is 0 Å². The monoisotopic (exact) mass is 1450 g/mol. The van der Waals surface area contributed by atoms with E-state index in [1.54, 1.807) is 56.3 Å². The number of aromatic amines is 1. The molecule has 3 aliphatic rings. The maximum atomic E-state index is 14.0. The molecule has 542 valence electrons. The van der Waals surface area contributed by atoms with E-state index in [2.05, 4.69) is 66.7 Å². The number of carbonyl (C=O) groups excluding carboxylic acids is 1. The lowest BCUT2D eigenvalue weighted by molar-refractivity contribution is -0.123. The van der Waals surface area contributed by atoms with E-state index in [-0.39, 0.29) is 100 Å². The molecule has 4 N–H and O–H groups in total. The van der Waals surface area contributed by atoms with Crippen molar-refractivity contribution in [3.8, 4) is 34.8 Å². The van der Waals surface area contributed by atoms with Gasteiger partial charge in [0, 0.05) is 54.7 Å². The highest BCUT2D eigenvalue weighted by Gasteiger charge is 2.47. The number of methoxy groups -OCH3 is 2. The molecule has 0 bridgehead atoms. The number of aliphatic hydroxyl groups excluding tert-OH is 1. The Morgan fingerprint density at radius 3 is 1.89 bits per heavy atom. The van der Waals surface area contributed by atoms with Gasteiger partial charge in [-0.15, -0.1) is 0 Å². The Bertz CT molecular complexity index is 4480. The number of imidazole rings is 1. The number of ether oxygens (including phenoxy) is 6. The lowest BCUT2D eigenvalue weighted by Crippen LogP contribution is -2.38. The van der Waals surface area contributed by atoms with E-state index in [0.29, 0.717) is 22.7 Å². The summed E-state index contributed by atoms with van der Waals surface area (Å²) in [7, 11) is -1.06. The quantitative estimate of drug-likeness (QED) is 0.0126. The summed E-state index contributed by atoms with van der Waals surface area (Å²) in [4.78, 5) is 56.7. The van der Waals surface area contributed by atoms with Crippen LogP contribution in [0.5, 0.6) is 11.5 Å². The number of amides is 1. The van der Waals surface area contributed by atoms with Crippen LogP contribution in [0.25, 0.3) is 22.3 Å². The molecule has 1 amide bonds. The van der Waals surface area contributed by atoms with Gasteiger partial charge in [0.1, 0.15) is 48.1 Å². The van der Waals surface area contributed by atoms with Gasteiger partial charge in [-0.2, -0.15) is 10.5 Å². The van der Waals surface area contributed by atoms with E-state index in [4.69, 9.17) is 56.0 Å². The van der Waals surface area contributed by atoms with E-state index in [1.165, 1.54) is 17.1 Å². The lowest BCUT2D eigenvalue weighted by Gasteiger charge is -2.37. The molecule has 9 atom stereocenters. The molecule has 104 heavy (non-hydrogen) atoms. The molecule has 2 fully saturated rings. The maximum Gasteiger partial charge on any atom is 0.333 e. The number of carbonyl (C=O) groups is 1. The second-order valence-corrected chi connectivity index (χ2v) is 28.2. The van der Waals surface area contributed by atoms with E-state index in [9.17, 15) is 30.0 Å². The molecule has 0 radical (unpaired) electrons. The van der Waals surface area contributed by atoms with Gasteiger partial charge in [-0.05, 0) is 116 Å². The van der Waals surface area contributed by atoms with Crippen LogP contribution in [0.15, 0.2) is 180 Å². The predicted octanol–water partition coefficient (Wildman–Crippen LogP) is 12.0. The molecule has 12 rings (SSSR count). The summed E-state index contributed by atoms with van der Waals surface area (Å²) >= 11 is 0. The third kappa shape index (κ3) is 17.0. The first-order valence-corrected chi connectivity index (χ1v) is 36.6. The van der Waals surface area contributed by atoms with Crippen molar-refractivity contribution in [3.63, 3.8) is 0 Å². The first kappa shape index (κ1) is 74.7. The van der Waals surface area contributed by atoms with Gasteiger partial charge in [0.25, 0.3) is 20.0 Å². The van der Waals surface area contributed by atoms with Crippen molar-refractivity contribution < 1.29 is 60.9 Å². The molecule has 0 spiro atoms. The molecule has 3 aromatic heterocycles. The molecule has 5 heterocycles. The van der Waals surface area contributed by atoms with Crippen molar-refractivity contribution in [3.05, 3.63) is 236 Å². The Balaban J connectivity index is 0.786. The second-order valence-electron chi connectivity index (χ2n) is 25.6. The number of nitrogens with one attached hydrogen (secondary N) is 3. The second kappa shape index (κ2) is 34.7. The highest BCUT2D eigenvalue weighted by Crippen LogP contribution is 2.53. The van der Waals surface area contributed by atoms with Crippen LogP contribution in [0.3, 0.4) is 0 Å². The van der Waals surface area contributed by atoms with E-state index in [1.807, 2.05) is 131 Å². The number of aryl methyl sites for hydroxylation is 1. The molecule has 6 aromatic carbocycles. The SMILES string of the molecule is COc1ccc(C(OC[C@H]2O[C@@H](n3cc(C)c(=O)[nH]c3=O)CC2OP(OCCC#N)OC[C@H]2O[C@@H](n3cnc4c(NC(=O)c5ccc(CN[C@H](O)OCC6c7ccccc7-c7ccccc76)cc5)ncnc43)CC2OP(OCCC#N)N(C(C)C)C(C)C)(c2ccccc2)c2ccc(OC)cc2)cc1. The average molecular weight is 1450 g/mol. The Labute approximate surface area is 604 Å². The smallest absolute Gasteiger partial charge is 0.333 e. The molecular weight excluding hydrogens is 1370 g/mol. The number of aliphatic hydroxyl groups is 1. The van der Waals surface area contributed by atoms with Crippen molar-refractivity contribution in [2.24, 2.45) is 0 Å². The van der Waals surface area contributed by atoms with Crippen LogP contribution in [0.4, 0.5) is 5.82 Å². The van der Waals surface area contributed by atoms with Crippen molar-refractivity contribution in [1.29, 1.82) is 10.5 Å². The highest BCUT2D eigenvalue weighted by molar-refractivity contribution is 7.44. The Hall–Kier alpha value is -9.02. The van der Waals surface area contributed by atoms with Crippen molar-refractivity contribution in [2.45, 2.75) is 134 Å². The topological polar surface area (TPSA) is 312 Å². The summed E-state index contributed by atoms with van der Waals surface area (Å²) in [6, 6.07) is 52.5. The zero-order chi connectivity index (χ0) is 72.9.